The molecule has 0 fully saturated rings. The molecule has 3 aromatic carbocycles. The van der Waals surface area contributed by atoms with Gasteiger partial charge in [-0.3, -0.25) is 4.57 Å². The molecule has 0 saturated carbocycles. The molecule has 2 aromatic heterocycles. The van der Waals surface area contributed by atoms with Crippen LogP contribution in [0.15, 0.2) is 97.5 Å². The summed E-state index contributed by atoms with van der Waals surface area (Å²) in [4.78, 5) is 13.6. The van der Waals surface area contributed by atoms with E-state index in [0.717, 1.165) is 28.4 Å². The number of para-hydroxylation sites is 1. The monoisotopic (exact) mass is 407 g/mol. The van der Waals surface area contributed by atoms with Crippen LogP contribution in [0.2, 0.25) is 0 Å². The highest BCUT2D eigenvalue weighted by molar-refractivity contribution is 5.78. The first-order chi connectivity index (χ1) is 15.3. The van der Waals surface area contributed by atoms with Crippen molar-refractivity contribution in [3.63, 3.8) is 0 Å². The van der Waals surface area contributed by atoms with Gasteiger partial charge in [0.2, 0.25) is 5.95 Å². The third-order valence-electron chi connectivity index (χ3n) is 5.03. The Hall–Kier alpha value is -4.19. The van der Waals surface area contributed by atoms with Gasteiger partial charge in [0.15, 0.2) is 0 Å². The first-order valence-corrected chi connectivity index (χ1v) is 10.1. The molecule has 152 valence electrons. The summed E-state index contributed by atoms with van der Waals surface area (Å²) in [5.74, 6) is 2.85. The van der Waals surface area contributed by atoms with Gasteiger partial charge in [0, 0.05) is 12.3 Å². The van der Waals surface area contributed by atoms with Gasteiger partial charge in [0.1, 0.15) is 23.6 Å². The lowest BCUT2D eigenvalue weighted by molar-refractivity contribution is 0.483. The van der Waals surface area contributed by atoms with E-state index in [4.69, 9.17) is 9.72 Å². The Labute approximate surface area is 180 Å². The van der Waals surface area contributed by atoms with Crippen molar-refractivity contribution in [3.8, 4) is 17.3 Å². The van der Waals surface area contributed by atoms with E-state index in [1.165, 1.54) is 5.56 Å². The van der Waals surface area contributed by atoms with Crippen LogP contribution in [0.3, 0.4) is 0 Å². The lowest BCUT2D eigenvalue weighted by atomic mass is 10.1. The molecule has 2 heterocycles. The molecule has 6 nitrogen and oxygen atoms in total. The van der Waals surface area contributed by atoms with Gasteiger partial charge in [0.25, 0.3) is 0 Å². The molecule has 0 unspecified atom stereocenters. The highest BCUT2D eigenvalue weighted by Crippen LogP contribution is 2.26. The van der Waals surface area contributed by atoms with Crippen molar-refractivity contribution in [2.45, 2.75) is 13.0 Å². The minimum absolute atomic E-state index is 0.0914. The minimum Gasteiger partial charge on any atom is -0.457 e. The van der Waals surface area contributed by atoms with Crippen molar-refractivity contribution in [1.29, 1.82) is 0 Å². The van der Waals surface area contributed by atoms with E-state index < -0.39 is 0 Å². The summed E-state index contributed by atoms with van der Waals surface area (Å²) in [5, 5.41) is 3.37. The number of ether oxygens (including phenoxy) is 1. The third-order valence-corrected chi connectivity index (χ3v) is 5.03. The standard InChI is InChI=1S/C25H21N5O/c1-18(19-8-4-2-5-9-19)28-25-26-15-14-24(29-25)30-17-27-22-16-21(12-13-23(22)30)31-20-10-6-3-7-11-20/h2-18H,1H3,(H,26,28,29)/t18-/m0/s1. The lowest BCUT2D eigenvalue weighted by Crippen LogP contribution is -2.10. The summed E-state index contributed by atoms with van der Waals surface area (Å²) < 4.78 is 7.87. The predicted octanol–water partition coefficient (Wildman–Crippen LogP) is 5.78. The molecule has 31 heavy (non-hydrogen) atoms. The molecule has 5 rings (SSSR count). The molecule has 0 saturated heterocycles. The molecular weight excluding hydrogens is 386 g/mol. The van der Waals surface area contributed by atoms with Crippen molar-refractivity contribution in [1.82, 2.24) is 19.5 Å². The number of imidazole rings is 1. The van der Waals surface area contributed by atoms with E-state index >= 15 is 0 Å². The number of anilines is 1. The minimum atomic E-state index is 0.0914. The van der Waals surface area contributed by atoms with Gasteiger partial charge < -0.3 is 10.1 Å². The van der Waals surface area contributed by atoms with Gasteiger partial charge in [-0.25, -0.2) is 9.97 Å². The number of benzene rings is 3. The summed E-state index contributed by atoms with van der Waals surface area (Å²) in [7, 11) is 0. The summed E-state index contributed by atoms with van der Waals surface area (Å²) in [6.45, 7) is 2.09. The Balaban J connectivity index is 1.40. The summed E-state index contributed by atoms with van der Waals surface area (Å²) in [5.41, 5.74) is 2.95. The number of rotatable bonds is 6. The second-order valence-electron chi connectivity index (χ2n) is 7.20. The average molecular weight is 407 g/mol. The summed E-state index contributed by atoms with van der Waals surface area (Å²) in [6.07, 6.45) is 3.52. The van der Waals surface area contributed by atoms with Gasteiger partial charge >= 0.3 is 0 Å². The molecule has 0 aliphatic carbocycles. The quantitative estimate of drug-likeness (QED) is 0.386. The molecule has 1 N–H and O–H groups in total. The van der Waals surface area contributed by atoms with Gasteiger partial charge in [-0.2, -0.15) is 4.98 Å². The van der Waals surface area contributed by atoms with Crippen LogP contribution in [0.5, 0.6) is 11.5 Å². The Morgan fingerprint density at radius 2 is 1.61 bits per heavy atom. The van der Waals surface area contributed by atoms with Crippen LogP contribution < -0.4 is 10.1 Å². The molecule has 5 aromatic rings. The Bertz CT molecular complexity index is 1300. The number of fused-ring (bicyclic) bond motifs is 1. The van der Waals surface area contributed by atoms with Gasteiger partial charge in [-0.1, -0.05) is 48.5 Å². The summed E-state index contributed by atoms with van der Waals surface area (Å²) >= 11 is 0. The second-order valence-corrected chi connectivity index (χ2v) is 7.20. The molecule has 0 amide bonds. The topological polar surface area (TPSA) is 64.9 Å². The third kappa shape index (κ3) is 4.09. The van der Waals surface area contributed by atoms with Crippen molar-refractivity contribution in [2.75, 3.05) is 5.32 Å². The maximum atomic E-state index is 5.92. The molecular formula is C25H21N5O. The van der Waals surface area contributed by atoms with Gasteiger partial charge in [-0.05, 0) is 42.8 Å². The largest absolute Gasteiger partial charge is 0.457 e. The van der Waals surface area contributed by atoms with E-state index in [1.807, 2.05) is 77.4 Å². The highest BCUT2D eigenvalue weighted by Gasteiger charge is 2.11. The highest BCUT2D eigenvalue weighted by atomic mass is 16.5. The van der Waals surface area contributed by atoms with Crippen LogP contribution in [0.4, 0.5) is 5.95 Å². The number of nitrogens with zero attached hydrogens (tertiary/aromatic N) is 4. The van der Waals surface area contributed by atoms with Crippen LogP contribution in [-0.4, -0.2) is 19.5 Å². The number of hydrogen-bond acceptors (Lipinski definition) is 5. The van der Waals surface area contributed by atoms with Crippen molar-refractivity contribution >= 4 is 17.0 Å². The zero-order valence-electron chi connectivity index (χ0n) is 17.0. The predicted molar refractivity (Wildman–Crippen MR) is 122 cm³/mol. The molecule has 1 atom stereocenters. The van der Waals surface area contributed by atoms with E-state index in [-0.39, 0.29) is 6.04 Å². The Morgan fingerprint density at radius 1 is 0.839 bits per heavy atom. The fourth-order valence-corrected chi connectivity index (χ4v) is 3.43. The molecule has 0 aliphatic heterocycles. The van der Waals surface area contributed by atoms with Gasteiger partial charge in [-0.15, -0.1) is 0 Å². The number of aromatic nitrogens is 4. The zero-order valence-corrected chi connectivity index (χ0v) is 17.0. The van der Waals surface area contributed by atoms with Crippen LogP contribution in [0, 0.1) is 0 Å². The first kappa shape index (κ1) is 18.8. The van der Waals surface area contributed by atoms with E-state index in [9.17, 15) is 0 Å². The molecule has 0 aliphatic rings. The Kier molecular flexibility index (Phi) is 5.02. The van der Waals surface area contributed by atoms with Crippen LogP contribution in [-0.2, 0) is 0 Å². The summed E-state index contributed by atoms with van der Waals surface area (Å²) in [6, 6.07) is 27.7. The van der Waals surface area contributed by atoms with E-state index in [1.54, 1.807) is 12.5 Å². The average Bonchev–Trinajstić information content (AvgIpc) is 3.24. The van der Waals surface area contributed by atoms with Crippen molar-refractivity contribution in [2.24, 2.45) is 0 Å². The SMILES string of the molecule is C[C@H](Nc1nccc(-n2cnc3cc(Oc4ccccc4)ccc32)n1)c1ccccc1. The van der Waals surface area contributed by atoms with Crippen LogP contribution in [0.25, 0.3) is 16.9 Å². The normalized spacial score (nSPS) is 11.9. The molecule has 0 spiro atoms. The fraction of sp³-hybridized carbons (Fsp3) is 0.0800. The van der Waals surface area contributed by atoms with E-state index in [0.29, 0.717) is 5.95 Å². The zero-order chi connectivity index (χ0) is 21.0. The molecule has 0 bridgehead atoms. The lowest BCUT2D eigenvalue weighted by Gasteiger charge is -2.14. The van der Waals surface area contributed by atoms with Crippen LogP contribution >= 0.6 is 0 Å². The number of hydrogen-bond donors (Lipinski definition) is 1. The number of nitrogens with one attached hydrogen (secondary N) is 1. The molecule has 6 heteroatoms. The second kappa shape index (κ2) is 8.28. The molecule has 0 radical (unpaired) electrons. The fourth-order valence-electron chi connectivity index (χ4n) is 3.43. The van der Waals surface area contributed by atoms with Crippen LogP contribution in [0.1, 0.15) is 18.5 Å². The first-order valence-electron chi connectivity index (χ1n) is 10.1. The maximum absolute atomic E-state index is 5.92. The maximum Gasteiger partial charge on any atom is 0.225 e. The van der Waals surface area contributed by atoms with Crippen molar-refractivity contribution in [3.05, 3.63) is 103 Å². The van der Waals surface area contributed by atoms with Gasteiger partial charge in [0.05, 0.1) is 17.1 Å². The smallest absolute Gasteiger partial charge is 0.225 e. The van der Waals surface area contributed by atoms with E-state index in [2.05, 4.69) is 34.3 Å². The Morgan fingerprint density at radius 3 is 2.42 bits per heavy atom. The van der Waals surface area contributed by atoms with Crippen molar-refractivity contribution < 1.29 is 4.74 Å².